The minimum Gasteiger partial charge on any atom is -0.496 e. The van der Waals surface area contributed by atoms with Crippen LogP contribution in [0.3, 0.4) is 0 Å². The van der Waals surface area contributed by atoms with Crippen LogP contribution >= 0.6 is 0 Å². The van der Waals surface area contributed by atoms with Crippen molar-refractivity contribution in [1.82, 2.24) is 20.4 Å². The number of carbonyl (C=O) groups excluding carboxylic acids is 2. The van der Waals surface area contributed by atoms with Crippen molar-refractivity contribution in [3.63, 3.8) is 0 Å². The molecule has 0 bridgehead atoms. The summed E-state index contributed by atoms with van der Waals surface area (Å²) < 4.78 is 10.6. The number of aromatic nitrogens is 2. The Morgan fingerprint density at radius 2 is 1.75 bits per heavy atom. The number of nitrogens with zero attached hydrogens (tertiary/aromatic N) is 2. The molecule has 1 aromatic carbocycles. The molecule has 0 radical (unpaired) electrons. The van der Waals surface area contributed by atoms with Crippen molar-refractivity contribution in [2.45, 2.75) is 18.9 Å². The second-order valence-corrected chi connectivity index (χ2v) is 6.38. The number of benzene rings is 1. The lowest BCUT2D eigenvalue weighted by Gasteiger charge is -2.32. The van der Waals surface area contributed by atoms with Gasteiger partial charge in [0.05, 0.1) is 14.2 Å². The number of likely N-dealkylation sites (tertiary alicyclic amines) is 1. The molecule has 1 aliphatic rings. The van der Waals surface area contributed by atoms with E-state index >= 15 is 0 Å². The van der Waals surface area contributed by atoms with Gasteiger partial charge in [0.2, 0.25) is 0 Å². The predicted octanol–water partition coefficient (Wildman–Crippen LogP) is 0.822. The lowest BCUT2D eigenvalue weighted by Crippen LogP contribution is -2.46. The minimum absolute atomic E-state index is 0.0788. The van der Waals surface area contributed by atoms with Gasteiger partial charge >= 0.3 is 0 Å². The molecular weight excluding hydrogens is 364 g/mol. The van der Waals surface area contributed by atoms with Crippen molar-refractivity contribution >= 4 is 11.8 Å². The highest BCUT2D eigenvalue weighted by Crippen LogP contribution is 2.30. The second kappa shape index (κ2) is 8.55. The maximum atomic E-state index is 13.0. The highest BCUT2D eigenvalue weighted by atomic mass is 16.5. The van der Waals surface area contributed by atoms with Gasteiger partial charge in [-0.1, -0.05) is 6.07 Å². The van der Waals surface area contributed by atoms with Crippen molar-refractivity contribution in [2.75, 3.05) is 27.3 Å². The van der Waals surface area contributed by atoms with Gasteiger partial charge in [-0.15, -0.1) is 0 Å². The van der Waals surface area contributed by atoms with Gasteiger partial charge in [-0.2, -0.15) is 5.10 Å². The van der Waals surface area contributed by atoms with E-state index in [2.05, 4.69) is 15.5 Å². The average molecular weight is 386 g/mol. The molecule has 0 atom stereocenters. The molecule has 1 aromatic heterocycles. The third kappa shape index (κ3) is 4.13. The van der Waals surface area contributed by atoms with Crippen LogP contribution < -0.4 is 20.3 Å². The molecule has 0 unspecified atom stereocenters. The third-order valence-corrected chi connectivity index (χ3v) is 4.67. The Morgan fingerprint density at radius 1 is 1.11 bits per heavy atom. The van der Waals surface area contributed by atoms with Crippen LogP contribution in [0.15, 0.2) is 35.1 Å². The molecule has 0 spiro atoms. The summed E-state index contributed by atoms with van der Waals surface area (Å²) in [5.74, 6) is 0.404. The third-order valence-electron chi connectivity index (χ3n) is 4.67. The van der Waals surface area contributed by atoms with E-state index in [9.17, 15) is 14.4 Å². The summed E-state index contributed by atoms with van der Waals surface area (Å²) in [4.78, 5) is 38.0. The Labute approximate surface area is 161 Å². The van der Waals surface area contributed by atoms with Crippen LogP contribution in [-0.2, 0) is 0 Å². The van der Waals surface area contributed by atoms with Crippen LogP contribution in [-0.4, -0.2) is 60.3 Å². The summed E-state index contributed by atoms with van der Waals surface area (Å²) in [6.07, 6.45) is 1.22. The van der Waals surface area contributed by atoms with Crippen LogP contribution in [0.1, 0.15) is 33.7 Å². The standard InChI is InChI=1S/C19H22N4O5/c1-27-14-4-3-5-15(28-2)17(14)19(26)23-10-8-12(9-11-23)20-18(25)13-6-7-16(24)22-21-13/h3-7,12H,8-11H2,1-2H3,(H,20,25)(H,22,24). The van der Waals surface area contributed by atoms with E-state index in [1.807, 2.05) is 0 Å². The SMILES string of the molecule is COc1cccc(OC)c1C(=O)N1CCC(NC(=O)c2ccc(=O)[nH]n2)CC1. The zero-order valence-corrected chi connectivity index (χ0v) is 15.7. The van der Waals surface area contributed by atoms with Crippen molar-refractivity contribution in [1.29, 1.82) is 0 Å². The fourth-order valence-corrected chi connectivity index (χ4v) is 3.18. The van der Waals surface area contributed by atoms with Gasteiger partial charge in [0.25, 0.3) is 17.4 Å². The quantitative estimate of drug-likeness (QED) is 0.787. The topological polar surface area (TPSA) is 114 Å². The Bertz CT molecular complexity index is 876. The summed E-state index contributed by atoms with van der Waals surface area (Å²) >= 11 is 0. The minimum atomic E-state index is -0.366. The smallest absolute Gasteiger partial charge is 0.271 e. The van der Waals surface area contributed by atoms with Crippen molar-refractivity contribution in [3.05, 3.63) is 51.9 Å². The predicted molar refractivity (Wildman–Crippen MR) is 101 cm³/mol. The maximum absolute atomic E-state index is 13.0. The van der Waals surface area contributed by atoms with Gasteiger partial charge in [-0.05, 0) is 31.0 Å². The molecule has 9 nitrogen and oxygen atoms in total. The number of rotatable bonds is 5. The molecule has 1 saturated heterocycles. The lowest BCUT2D eigenvalue weighted by molar-refractivity contribution is 0.0691. The van der Waals surface area contributed by atoms with Gasteiger partial charge in [0.15, 0.2) is 0 Å². The second-order valence-electron chi connectivity index (χ2n) is 6.38. The van der Waals surface area contributed by atoms with E-state index in [4.69, 9.17) is 9.47 Å². The highest BCUT2D eigenvalue weighted by Gasteiger charge is 2.28. The monoisotopic (exact) mass is 386 g/mol. The van der Waals surface area contributed by atoms with Crippen LogP contribution in [0.5, 0.6) is 11.5 Å². The van der Waals surface area contributed by atoms with Crippen LogP contribution in [0.25, 0.3) is 0 Å². The Hall–Kier alpha value is -3.36. The number of hydrogen-bond acceptors (Lipinski definition) is 6. The van der Waals surface area contributed by atoms with Gasteiger partial charge < -0.3 is 19.7 Å². The Kier molecular flexibility index (Phi) is 5.93. The number of nitrogens with one attached hydrogen (secondary N) is 2. The first kappa shape index (κ1) is 19.4. The number of methoxy groups -OCH3 is 2. The number of carbonyl (C=O) groups is 2. The maximum Gasteiger partial charge on any atom is 0.271 e. The molecule has 0 saturated carbocycles. The van der Waals surface area contributed by atoms with Crippen molar-refractivity contribution in [3.8, 4) is 11.5 Å². The molecule has 28 heavy (non-hydrogen) atoms. The number of aromatic amines is 1. The van der Waals surface area contributed by atoms with Crippen molar-refractivity contribution < 1.29 is 19.1 Å². The molecule has 2 amide bonds. The first-order valence-electron chi connectivity index (χ1n) is 8.90. The summed E-state index contributed by atoms with van der Waals surface area (Å²) in [6, 6.07) is 7.76. The highest BCUT2D eigenvalue weighted by molar-refractivity contribution is 5.99. The van der Waals surface area contributed by atoms with Gasteiger partial charge in [-0.3, -0.25) is 14.4 Å². The molecule has 2 aromatic rings. The molecule has 1 aliphatic heterocycles. The summed E-state index contributed by atoms with van der Waals surface area (Å²) in [5, 5.41) is 8.85. The van der Waals surface area contributed by atoms with Crippen LogP contribution in [0, 0.1) is 0 Å². The average Bonchev–Trinajstić information content (AvgIpc) is 2.73. The molecule has 1 fully saturated rings. The first-order valence-corrected chi connectivity index (χ1v) is 8.90. The molecule has 0 aliphatic carbocycles. The largest absolute Gasteiger partial charge is 0.496 e. The van der Waals surface area contributed by atoms with E-state index in [1.165, 1.54) is 26.4 Å². The van der Waals surface area contributed by atoms with Crippen LogP contribution in [0.2, 0.25) is 0 Å². The number of hydrogen-bond donors (Lipinski definition) is 2. The van der Waals surface area contributed by atoms with Gasteiger partial charge in [0.1, 0.15) is 22.8 Å². The Balaban J connectivity index is 1.62. The van der Waals surface area contributed by atoms with E-state index in [0.29, 0.717) is 43.0 Å². The summed E-state index contributed by atoms with van der Waals surface area (Å²) in [5.41, 5.74) is 0.180. The fraction of sp³-hybridized carbons (Fsp3) is 0.368. The molecular formula is C19H22N4O5. The molecule has 2 N–H and O–H groups in total. The van der Waals surface area contributed by atoms with E-state index in [-0.39, 0.29) is 29.1 Å². The first-order chi connectivity index (χ1) is 13.5. The normalized spacial score (nSPS) is 14.4. The zero-order chi connectivity index (χ0) is 20.1. The van der Waals surface area contributed by atoms with Gasteiger partial charge in [-0.25, -0.2) is 5.10 Å². The van der Waals surface area contributed by atoms with Crippen molar-refractivity contribution in [2.24, 2.45) is 0 Å². The molecule has 148 valence electrons. The van der Waals surface area contributed by atoms with E-state index in [0.717, 1.165) is 0 Å². The summed E-state index contributed by atoms with van der Waals surface area (Å²) in [6.45, 7) is 0.980. The number of piperidine rings is 1. The van der Waals surface area contributed by atoms with E-state index < -0.39 is 0 Å². The fourth-order valence-electron chi connectivity index (χ4n) is 3.18. The number of H-pyrrole nitrogens is 1. The molecule has 2 heterocycles. The summed E-state index contributed by atoms with van der Waals surface area (Å²) in [7, 11) is 3.02. The Morgan fingerprint density at radius 3 is 2.29 bits per heavy atom. The lowest BCUT2D eigenvalue weighted by atomic mass is 10.0. The molecule has 3 rings (SSSR count). The number of amides is 2. The van der Waals surface area contributed by atoms with E-state index in [1.54, 1.807) is 23.1 Å². The molecule has 9 heteroatoms. The number of ether oxygens (including phenoxy) is 2. The zero-order valence-electron chi connectivity index (χ0n) is 15.7. The van der Waals surface area contributed by atoms with Crippen LogP contribution in [0.4, 0.5) is 0 Å². The van der Waals surface area contributed by atoms with Gasteiger partial charge in [0, 0.05) is 25.2 Å².